The second-order valence-electron chi connectivity index (χ2n) is 6.44. The van der Waals surface area contributed by atoms with Gasteiger partial charge in [0, 0.05) is 18.7 Å². The van der Waals surface area contributed by atoms with Gasteiger partial charge in [-0.1, -0.05) is 41.7 Å². The summed E-state index contributed by atoms with van der Waals surface area (Å²) in [4.78, 5) is 23.3. The van der Waals surface area contributed by atoms with Crippen molar-refractivity contribution in [2.45, 2.75) is 32.4 Å². The zero-order valence-corrected chi connectivity index (χ0v) is 15.2. The van der Waals surface area contributed by atoms with Crippen molar-refractivity contribution in [1.29, 1.82) is 0 Å². The topological polar surface area (TPSA) is 58.1 Å². The van der Waals surface area contributed by atoms with Gasteiger partial charge in [-0.05, 0) is 25.3 Å². The molecule has 0 saturated carbocycles. The molecule has 1 fully saturated rings. The Hall–Kier alpha value is -2.54. The van der Waals surface area contributed by atoms with Crippen LogP contribution in [0.15, 0.2) is 36.5 Å². The lowest BCUT2D eigenvalue weighted by Gasteiger charge is -2.23. The van der Waals surface area contributed by atoms with Crippen LogP contribution >= 0.6 is 11.3 Å². The van der Waals surface area contributed by atoms with Crippen molar-refractivity contribution in [2.24, 2.45) is 0 Å². The Labute approximate surface area is 154 Å². The van der Waals surface area contributed by atoms with E-state index >= 15 is 0 Å². The number of thiazole rings is 1. The summed E-state index contributed by atoms with van der Waals surface area (Å²) in [6.07, 6.45) is 2.92. The number of hydrogen-bond acceptors (Lipinski definition) is 5. The number of pyridine rings is 1. The number of aromatic nitrogens is 2. The second kappa shape index (κ2) is 6.99. The van der Waals surface area contributed by atoms with Crippen LogP contribution in [0.1, 0.15) is 24.0 Å². The van der Waals surface area contributed by atoms with Gasteiger partial charge in [0.1, 0.15) is 11.9 Å². The minimum atomic E-state index is -0.328. The fourth-order valence-corrected chi connectivity index (χ4v) is 4.34. The zero-order valence-electron chi connectivity index (χ0n) is 14.4. The highest BCUT2D eigenvalue weighted by Crippen LogP contribution is 2.34. The zero-order chi connectivity index (χ0) is 18.1. The molecule has 0 aliphatic carbocycles. The van der Waals surface area contributed by atoms with Gasteiger partial charge in [-0.2, -0.15) is 4.98 Å². The summed E-state index contributed by atoms with van der Waals surface area (Å²) in [7, 11) is 0. The quantitative estimate of drug-likeness (QED) is 0.764. The Balaban J connectivity index is 1.53. The highest BCUT2D eigenvalue weighted by molar-refractivity contribution is 7.22. The smallest absolute Gasteiger partial charge is 0.243 e. The molecule has 0 radical (unpaired) electrons. The second-order valence-corrected chi connectivity index (χ2v) is 7.41. The first-order valence-electron chi connectivity index (χ1n) is 8.63. The maximum Gasteiger partial charge on any atom is 0.243 e. The summed E-state index contributed by atoms with van der Waals surface area (Å²) >= 11 is 1.40. The van der Waals surface area contributed by atoms with E-state index < -0.39 is 0 Å². The first-order valence-corrected chi connectivity index (χ1v) is 9.45. The maximum atomic E-state index is 13.7. The molecule has 2 aromatic heterocycles. The lowest BCUT2D eigenvalue weighted by atomic mass is 10.2. The Kier molecular flexibility index (Phi) is 4.55. The summed E-state index contributed by atoms with van der Waals surface area (Å²) in [5.74, 6) is -0.326. The molecule has 1 atom stereocenters. The number of fused-ring (bicyclic) bond motifs is 1. The van der Waals surface area contributed by atoms with Gasteiger partial charge >= 0.3 is 0 Å². The molecule has 26 heavy (non-hydrogen) atoms. The largest absolute Gasteiger partial charge is 0.350 e. The Morgan fingerprint density at radius 3 is 3.00 bits per heavy atom. The molecule has 7 heteroatoms. The van der Waals surface area contributed by atoms with Crippen molar-refractivity contribution < 1.29 is 9.18 Å². The summed E-state index contributed by atoms with van der Waals surface area (Å²) in [6, 6.07) is 9.60. The van der Waals surface area contributed by atoms with Gasteiger partial charge in [0.15, 0.2) is 10.8 Å². The van der Waals surface area contributed by atoms with Crippen LogP contribution in [0.25, 0.3) is 10.3 Å². The van der Waals surface area contributed by atoms with E-state index in [-0.39, 0.29) is 17.8 Å². The predicted octanol–water partition coefficient (Wildman–Crippen LogP) is 3.42. The van der Waals surface area contributed by atoms with E-state index in [1.165, 1.54) is 17.5 Å². The molecule has 3 aromatic rings. The van der Waals surface area contributed by atoms with Crippen molar-refractivity contribution in [3.05, 3.63) is 53.5 Å². The van der Waals surface area contributed by atoms with Crippen LogP contribution in [0.3, 0.4) is 0 Å². The summed E-state index contributed by atoms with van der Waals surface area (Å²) in [5.41, 5.74) is 2.17. The highest BCUT2D eigenvalue weighted by Gasteiger charge is 2.32. The average molecular weight is 370 g/mol. The molecule has 0 bridgehead atoms. The van der Waals surface area contributed by atoms with Crippen LogP contribution in [0, 0.1) is 12.7 Å². The lowest BCUT2D eigenvalue weighted by molar-refractivity contribution is -0.122. The molecule has 3 heterocycles. The Bertz CT molecular complexity index is 943. The molecule has 1 aliphatic rings. The van der Waals surface area contributed by atoms with Gasteiger partial charge in [-0.25, -0.2) is 9.37 Å². The van der Waals surface area contributed by atoms with Gasteiger partial charge in [-0.15, -0.1) is 0 Å². The Morgan fingerprint density at radius 1 is 1.38 bits per heavy atom. The van der Waals surface area contributed by atoms with Crippen molar-refractivity contribution in [3.63, 3.8) is 0 Å². The number of nitrogens with one attached hydrogen (secondary N) is 1. The van der Waals surface area contributed by atoms with Gasteiger partial charge in [0.2, 0.25) is 5.91 Å². The van der Waals surface area contributed by atoms with E-state index in [0.717, 1.165) is 34.8 Å². The van der Waals surface area contributed by atoms with Gasteiger partial charge in [0.25, 0.3) is 0 Å². The third-order valence-electron chi connectivity index (χ3n) is 4.71. The summed E-state index contributed by atoms with van der Waals surface area (Å²) < 4.78 is 14.5. The van der Waals surface area contributed by atoms with Crippen LogP contribution < -0.4 is 10.2 Å². The van der Waals surface area contributed by atoms with Crippen molar-refractivity contribution in [3.8, 4) is 0 Å². The van der Waals surface area contributed by atoms with E-state index in [2.05, 4.69) is 15.3 Å². The minimum Gasteiger partial charge on any atom is -0.350 e. The highest BCUT2D eigenvalue weighted by atomic mass is 32.1. The molecule has 1 amide bonds. The van der Waals surface area contributed by atoms with Crippen LogP contribution in [-0.2, 0) is 11.3 Å². The van der Waals surface area contributed by atoms with E-state index in [1.54, 1.807) is 6.92 Å². The third kappa shape index (κ3) is 3.14. The van der Waals surface area contributed by atoms with Crippen molar-refractivity contribution in [2.75, 3.05) is 11.4 Å². The van der Waals surface area contributed by atoms with Crippen molar-refractivity contribution in [1.82, 2.24) is 15.3 Å². The molecule has 4 rings (SSSR count). The molecule has 0 unspecified atom stereocenters. The van der Waals surface area contributed by atoms with Crippen molar-refractivity contribution >= 4 is 32.7 Å². The number of carbonyl (C=O) groups is 1. The standard InChI is InChI=1S/C19H19FN4OS/c1-12-14(20)11-21-17-16(12)26-19(23-17)24-9-5-8-15(24)18(25)22-10-13-6-3-2-4-7-13/h2-4,6-7,11,15H,5,8-10H2,1H3,(H,22,25)/t15-/m1/s1. The van der Waals surface area contributed by atoms with E-state index in [9.17, 15) is 9.18 Å². The maximum absolute atomic E-state index is 13.7. The van der Waals surface area contributed by atoms with E-state index in [1.807, 2.05) is 35.2 Å². The van der Waals surface area contributed by atoms with Gasteiger partial charge in [-0.3, -0.25) is 4.79 Å². The minimum absolute atomic E-state index is 0.00136. The third-order valence-corrected chi connectivity index (χ3v) is 5.91. The first kappa shape index (κ1) is 16.9. The number of halogens is 1. The number of nitrogens with zero attached hydrogens (tertiary/aromatic N) is 3. The monoisotopic (exact) mass is 370 g/mol. The number of carbonyl (C=O) groups excluding carboxylic acids is 1. The summed E-state index contributed by atoms with van der Waals surface area (Å²) in [5, 5.41) is 3.75. The Morgan fingerprint density at radius 2 is 2.19 bits per heavy atom. The number of amides is 1. The van der Waals surface area contributed by atoms with Gasteiger partial charge < -0.3 is 10.2 Å². The molecule has 1 N–H and O–H groups in total. The first-order chi connectivity index (χ1) is 12.6. The van der Waals surface area contributed by atoms with Crippen LogP contribution in [-0.4, -0.2) is 28.5 Å². The number of benzene rings is 1. The van der Waals surface area contributed by atoms with Gasteiger partial charge in [0.05, 0.1) is 10.9 Å². The number of anilines is 1. The van der Waals surface area contributed by atoms with Crippen LogP contribution in [0.5, 0.6) is 0 Å². The lowest BCUT2D eigenvalue weighted by Crippen LogP contribution is -2.43. The van der Waals surface area contributed by atoms with E-state index in [0.29, 0.717) is 17.8 Å². The van der Waals surface area contributed by atoms with Crippen LogP contribution in [0.2, 0.25) is 0 Å². The number of rotatable bonds is 4. The molecule has 0 spiro atoms. The molecule has 1 aromatic carbocycles. The summed E-state index contributed by atoms with van der Waals surface area (Å²) in [6.45, 7) is 3.01. The molecular formula is C19H19FN4OS. The SMILES string of the molecule is Cc1c(F)cnc2nc(N3CCC[C@@H]3C(=O)NCc3ccccc3)sc12. The molecule has 1 saturated heterocycles. The predicted molar refractivity (Wildman–Crippen MR) is 101 cm³/mol. The normalized spacial score (nSPS) is 17.0. The molecule has 134 valence electrons. The number of hydrogen-bond donors (Lipinski definition) is 1. The average Bonchev–Trinajstić information content (AvgIpc) is 3.30. The molecular weight excluding hydrogens is 351 g/mol. The molecule has 1 aliphatic heterocycles. The fourth-order valence-electron chi connectivity index (χ4n) is 3.25. The molecule has 5 nitrogen and oxygen atoms in total. The van der Waals surface area contributed by atoms with Crippen LogP contribution in [0.4, 0.5) is 9.52 Å². The fraction of sp³-hybridized carbons (Fsp3) is 0.316. The number of aryl methyl sites for hydroxylation is 1. The van der Waals surface area contributed by atoms with E-state index in [4.69, 9.17) is 0 Å².